The molecule has 182 valence electrons. The van der Waals surface area contributed by atoms with E-state index in [1.807, 2.05) is 0 Å². The van der Waals surface area contributed by atoms with E-state index in [0.717, 1.165) is 11.9 Å². The standard InChI is InChI=1S/C31H36BrOPSi/c1-31(2,3)35(4,5)33-27-23-21-26(22-24-27)25-34(32,28-15-9-6-10-16-28,29-17-11-7-12-18-29)30-19-13-8-14-20-30/h6-24H,25H2,1-5H3. The SMILES string of the molecule is CC(C)(C)[Si](C)(C)Oc1ccc(CP(Br)(c2ccccc2)(c2ccccc2)c2ccccc2)cc1. The molecule has 0 aliphatic carbocycles. The van der Waals surface area contributed by atoms with E-state index in [1.165, 1.54) is 21.5 Å². The first kappa shape index (κ1) is 25.9. The van der Waals surface area contributed by atoms with Gasteiger partial charge in [0.1, 0.15) is 0 Å². The summed E-state index contributed by atoms with van der Waals surface area (Å²) in [5.41, 5.74) is 1.29. The van der Waals surface area contributed by atoms with E-state index in [-0.39, 0.29) is 5.04 Å². The molecule has 0 saturated heterocycles. The van der Waals surface area contributed by atoms with Gasteiger partial charge >= 0.3 is 221 Å². The Balaban J connectivity index is 1.85. The van der Waals surface area contributed by atoms with Gasteiger partial charge in [0.15, 0.2) is 0 Å². The summed E-state index contributed by atoms with van der Waals surface area (Å²) in [5, 5.41) is 1.16. The quantitative estimate of drug-likeness (QED) is 0.162. The molecule has 4 heteroatoms. The van der Waals surface area contributed by atoms with Gasteiger partial charge in [-0.2, -0.15) is 0 Å². The second-order valence-corrected chi connectivity index (χ2v) is 24.5. The van der Waals surface area contributed by atoms with Crippen molar-refractivity contribution in [1.29, 1.82) is 0 Å². The van der Waals surface area contributed by atoms with E-state index < -0.39 is 13.6 Å². The molecule has 0 radical (unpaired) electrons. The van der Waals surface area contributed by atoms with Crippen molar-refractivity contribution < 1.29 is 4.43 Å². The van der Waals surface area contributed by atoms with Crippen LogP contribution >= 0.6 is 20.8 Å². The topological polar surface area (TPSA) is 9.23 Å². The van der Waals surface area contributed by atoms with Gasteiger partial charge in [-0.1, -0.05) is 0 Å². The molecule has 0 spiro atoms. The number of benzene rings is 4. The minimum absolute atomic E-state index is 0.168. The summed E-state index contributed by atoms with van der Waals surface area (Å²) in [5.74, 6) is 0.967. The van der Waals surface area contributed by atoms with Crippen LogP contribution < -0.4 is 20.3 Å². The van der Waals surface area contributed by atoms with Gasteiger partial charge in [0, 0.05) is 0 Å². The van der Waals surface area contributed by atoms with Crippen LogP contribution in [0.4, 0.5) is 0 Å². The van der Waals surface area contributed by atoms with Crippen molar-refractivity contribution >= 4 is 45.0 Å². The van der Waals surface area contributed by atoms with Crippen LogP contribution in [0.1, 0.15) is 26.3 Å². The normalized spacial score (nSPS) is 13.6. The van der Waals surface area contributed by atoms with Crippen LogP contribution in [-0.4, -0.2) is 8.32 Å². The molecule has 35 heavy (non-hydrogen) atoms. The van der Waals surface area contributed by atoms with Crippen molar-refractivity contribution in [2.75, 3.05) is 0 Å². The Morgan fingerprint density at radius 3 is 1.34 bits per heavy atom. The van der Waals surface area contributed by atoms with Crippen LogP contribution in [0.2, 0.25) is 18.1 Å². The summed E-state index contributed by atoms with van der Waals surface area (Å²) in [6.07, 6.45) is 0.879. The van der Waals surface area contributed by atoms with Crippen LogP contribution in [0.15, 0.2) is 115 Å². The van der Waals surface area contributed by atoms with Gasteiger partial charge in [0.2, 0.25) is 0 Å². The maximum absolute atomic E-state index is 6.57. The summed E-state index contributed by atoms with van der Waals surface area (Å²) in [7, 11) is -1.88. The van der Waals surface area contributed by atoms with Gasteiger partial charge in [-0.25, -0.2) is 0 Å². The first-order chi connectivity index (χ1) is 16.5. The summed E-state index contributed by atoms with van der Waals surface area (Å²) >= 11 is 4.55. The van der Waals surface area contributed by atoms with E-state index in [4.69, 9.17) is 4.43 Å². The molecule has 4 aromatic rings. The van der Waals surface area contributed by atoms with E-state index in [2.05, 4.69) is 165 Å². The average molecular weight is 564 g/mol. The van der Waals surface area contributed by atoms with Gasteiger partial charge in [0.05, 0.1) is 0 Å². The third kappa shape index (κ3) is 4.92. The molecular formula is C31H36BrOPSi. The van der Waals surface area contributed by atoms with E-state index in [9.17, 15) is 0 Å². The molecule has 0 aliphatic rings. The zero-order valence-electron chi connectivity index (χ0n) is 21.4. The summed E-state index contributed by atoms with van der Waals surface area (Å²) < 4.78 is 6.57. The molecule has 0 N–H and O–H groups in total. The van der Waals surface area contributed by atoms with Crippen LogP contribution in [-0.2, 0) is 6.16 Å². The first-order valence-corrected chi connectivity index (χ1v) is 19.6. The fourth-order valence-corrected chi connectivity index (χ4v) is 13.1. The van der Waals surface area contributed by atoms with Crippen molar-refractivity contribution in [3.05, 3.63) is 121 Å². The van der Waals surface area contributed by atoms with Crippen molar-refractivity contribution in [1.82, 2.24) is 0 Å². The summed E-state index contributed by atoms with van der Waals surface area (Å²) in [4.78, 5) is 0. The monoisotopic (exact) mass is 562 g/mol. The minimum atomic E-state index is -3.00. The molecule has 0 heterocycles. The van der Waals surface area contributed by atoms with Gasteiger partial charge in [-0.05, 0) is 0 Å². The van der Waals surface area contributed by atoms with E-state index >= 15 is 0 Å². The number of halogens is 1. The summed E-state index contributed by atoms with van der Waals surface area (Å²) in [6.45, 7) is 11.4. The third-order valence-electron chi connectivity index (χ3n) is 7.47. The molecule has 0 aromatic heterocycles. The third-order valence-corrected chi connectivity index (χ3v) is 21.3. The number of rotatable bonds is 7. The molecule has 4 aromatic carbocycles. The molecule has 0 fully saturated rings. The van der Waals surface area contributed by atoms with Crippen molar-refractivity contribution in [2.45, 2.75) is 45.1 Å². The number of hydrogen-bond acceptors (Lipinski definition) is 1. The van der Waals surface area contributed by atoms with Gasteiger partial charge in [-0.15, -0.1) is 0 Å². The Morgan fingerprint density at radius 1 is 0.629 bits per heavy atom. The van der Waals surface area contributed by atoms with E-state index in [1.54, 1.807) is 0 Å². The Bertz CT molecular complexity index is 1150. The van der Waals surface area contributed by atoms with Gasteiger partial charge in [0.25, 0.3) is 0 Å². The predicted molar refractivity (Wildman–Crippen MR) is 162 cm³/mol. The van der Waals surface area contributed by atoms with E-state index in [0.29, 0.717) is 0 Å². The van der Waals surface area contributed by atoms with Gasteiger partial charge < -0.3 is 0 Å². The van der Waals surface area contributed by atoms with Crippen LogP contribution in [0.5, 0.6) is 5.75 Å². The zero-order valence-corrected chi connectivity index (χ0v) is 24.9. The zero-order chi connectivity index (χ0) is 25.2. The molecule has 4 rings (SSSR count). The Labute approximate surface area is 220 Å². The summed E-state index contributed by atoms with van der Waals surface area (Å²) in [6, 6.07) is 41.7. The predicted octanol–water partition coefficient (Wildman–Crippen LogP) is 8.41. The Hall–Kier alpha value is -2.19. The maximum atomic E-state index is 6.57. The second-order valence-electron chi connectivity index (χ2n) is 10.9. The van der Waals surface area contributed by atoms with Crippen molar-refractivity contribution in [3.63, 3.8) is 0 Å². The van der Waals surface area contributed by atoms with Crippen LogP contribution in [0.25, 0.3) is 0 Å². The molecule has 0 amide bonds. The molecule has 0 aliphatic heterocycles. The Morgan fingerprint density at radius 2 is 1.00 bits per heavy atom. The fourth-order valence-electron chi connectivity index (χ4n) is 4.39. The van der Waals surface area contributed by atoms with Crippen molar-refractivity contribution in [3.8, 4) is 5.75 Å². The fraction of sp³-hybridized carbons (Fsp3) is 0.226. The second kappa shape index (κ2) is 9.69. The van der Waals surface area contributed by atoms with Gasteiger partial charge in [-0.3, -0.25) is 0 Å². The number of hydrogen-bond donors (Lipinski definition) is 0. The molecule has 0 saturated carbocycles. The molecule has 1 nitrogen and oxygen atoms in total. The Kier molecular flexibility index (Phi) is 7.17. The molecule has 0 bridgehead atoms. The van der Waals surface area contributed by atoms with Crippen LogP contribution in [0, 0.1) is 0 Å². The first-order valence-electron chi connectivity index (χ1n) is 12.2. The van der Waals surface area contributed by atoms with Crippen LogP contribution in [0.3, 0.4) is 0 Å². The average Bonchev–Trinajstić information content (AvgIpc) is 2.86. The molecular weight excluding hydrogens is 527 g/mol. The molecule has 0 atom stereocenters. The van der Waals surface area contributed by atoms with Crippen molar-refractivity contribution in [2.24, 2.45) is 0 Å². The molecule has 0 unspecified atom stereocenters.